The van der Waals surface area contributed by atoms with Crippen LogP contribution in [0.15, 0.2) is 0 Å². The van der Waals surface area contributed by atoms with Gasteiger partial charge in [0, 0.05) is 6.54 Å². The Morgan fingerprint density at radius 2 is 1.88 bits per heavy atom. The Balaban J connectivity index is 2.42. The van der Waals surface area contributed by atoms with E-state index in [9.17, 15) is 9.90 Å². The molecule has 4 nitrogen and oxygen atoms in total. The molecule has 0 radical (unpaired) electrons. The van der Waals surface area contributed by atoms with Gasteiger partial charge >= 0.3 is 5.97 Å². The fourth-order valence-electron chi connectivity index (χ4n) is 2.48. The lowest BCUT2D eigenvalue weighted by Crippen LogP contribution is -2.47. The molecule has 1 rings (SSSR count). The average molecular weight is 243 g/mol. The number of aliphatic carboxylic acids is 1. The van der Waals surface area contributed by atoms with E-state index in [4.69, 9.17) is 5.11 Å². The van der Waals surface area contributed by atoms with Crippen LogP contribution in [0.1, 0.15) is 58.3 Å². The highest BCUT2D eigenvalue weighted by Crippen LogP contribution is 2.26. The van der Waals surface area contributed by atoms with Crippen LogP contribution in [0.2, 0.25) is 0 Å². The highest BCUT2D eigenvalue weighted by atomic mass is 16.4. The van der Waals surface area contributed by atoms with Gasteiger partial charge in [-0.15, -0.1) is 0 Å². The topological polar surface area (TPSA) is 69.6 Å². The standard InChI is InChI=1S/C13H25NO3/c1-2-7-11(12(15)16)14-10-13(17)8-5-3-4-6-9-13/h11,14,17H,2-10H2,1H3,(H,15,16). The van der Waals surface area contributed by atoms with Crippen LogP contribution in [-0.4, -0.2) is 34.4 Å². The second kappa shape index (κ2) is 6.97. The molecule has 0 saturated heterocycles. The van der Waals surface area contributed by atoms with Crippen molar-refractivity contribution in [2.24, 2.45) is 0 Å². The van der Waals surface area contributed by atoms with Crippen molar-refractivity contribution in [1.82, 2.24) is 5.32 Å². The molecule has 0 heterocycles. The zero-order valence-electron chi connectivity index (χ0n) is 10.7. The SMILES string of the molecule is CCCC(NCC1(O)CCCCCC1)C(=O)O. The summed E-state index contributed by atoms with van der Waals surface area (Å²) in [4.78, 5) is 11.0. The summed E-state index contributed by atoms with van der Waals surface area (Å²) in [5, 5.41) is 22.4. The molecule has 0 aromatic heterocycles. The van der Waals surface area contributed by atoms with Gasteiger partial charge in [-0.2, -0.15) is 0 Å². The van der Waals surface area contributed by atoms with Crippen LogP contribution in [0.4, 0.5) is 0 Å². The number of aliphatic hydroxyl groups is 1. The smallest absolute Gasteiger partial charge is 0.320 e. The summed E-state index contributed by atoms with van der Waals surface area (Å²) < 4.78 is 0. The third kappa shape index (κ3) is 5.04. The third-order valence-corrected chi connectivity index (χ3v) is 3.59. The van der Waals surface area contributed by atoms with E-state index in [0.29, 0.717) is 13.0 Å². The molecule has 4 heteroatoms. The van der Waals surface area contributed by atoms with Gasteiger partial charge in [-0.05, 0) is 19.3 Å². The zero-order chi connectivity index (χ0) is 12.7. The van der Waals surface area contributed by atoms with Crippen LogP contribution in [-0.2, 0) is 4.79 Å². The minimum absolute atomic E-state index is 0.407. The van der Waals surface area contributed by atoms with E-state index in [1.165, 1.54) is 12.8 Å². The van der Waals surface area contributed by atoms with Crippen LogP contribution in [0.5, 0.6) is 0 Å². The molecule has 0 aromatic rings. The van der Waals surface area contributed by atoms with E-state index in [-0.39, 0.29) is 0 Å². The predicted molar refractivity (Wildman–Crippen MR) is 67.0 cm³/mol. The summed E-state index contributed by atoms with van der Waals surface area (Å²) in [6, 6.07) is -0.521. The first-order valence-corrected chi connectivity index (χ1v) is 6.76. The van der Waals surface area contributed by atoms with Gasteiger partial charge < -0.3 is 15.5 Å². The van der Waals surface area contributed by atoms with E-state index < -0.39 is 17.6 Å². The van der Waals surface area contributed by atoms with Crippen molar-refractivity contribution < 1.29 is 15.0 Å². The number of carboxylic acids is 1. The van der Waals surface area contributed by atoms with E-state index in [0.717, 1.165) is 32.1 Å². The Hall–Kier alpha value is -0.610. The number of nitrogens with one attached hydrogen (secondary N) is 1. The fourth-order valence-corrected chi connectivity index (χ4v) is 2.48. The van der Waals surface area contributed by atoms with Crippen molar-refractivity contribution in [2.45, 2.75) is 69.9 Å². The quantitative estimate of drug-likeness (QED) is 0.623. The van der Waals surface area contributed by atoms with E-state index in [1.54, 1.807) is 0 Å². The highest BCUT2D eigenvalue weighted by molar-refractivity contribution is 5.73. The van der Waals surface area contributed by atoms with Crippen molar-refractivity contribution in [2.75, 3.05) is 6.54 Å². The summed E-state index contributed by atoms with van der Waals surface area (Å²) in [5.41, 5.74) is -0.696. The molecule has 0 bridgehead atoms. The Kier molecular flexibility index (Phi) is 5.92. The first-order chi connectivity index (χ1) is 8.07. The van der Waals surface area contributed by atoms with Crippen molar-refractivity contribution in [1.29, 1.82) is 0 Å². The Morgan fingerprint density at radius 3 is 2.35 bits per heavy atom. The summed E-state index contributed by atoms with van der Waals surface area (Å²) in [6.07, 6.45) is 7.48. The van der Waals surface area contributed by atoms with E-state index >= 15 is 0 Å². The molecule has 0 amide bonds. The normalized spacial score (nSPS) is 21.8. The summed E-state index contributed by atoms with van der Waals surface area (Å²) in [6.45, 7) is 2.38. The second-order valence-electron chi connectivity index (χ2n) is 5.20. The van der Waals surface area contributed by atoms with Gasteiger partial charge in [0.15, 0.2) is 0 Å². The lowest BCUT2D eigenvalue weighted by molar-refractivity contribution is -0.140. The number of hydrogen-bond acceptors (Lipinski definition) is 3. The molecule has 0 aliphatic heterocycles. The van der Waals surface area contributed by atoms with Crippen molar-refractivity contribution in [3.05, 3.63) is 0 Å². The van der Waals surface area contributed by atoms with Gasteiger partial charge in [0.05, 0.1) is 5.60 Å². The first-order valence-electron chi connectivity index (χ1n) is 6.76. The predicted octanol–water partition coefficient (Wildman–Crippen LogP) is 1.91. The highest BCUT2D eigenvalue weighted by Gasteiger charge is 2.29. The number of hydrogen-bond donors (Lipinski definition) is 3. The lowest BCUT2D eigenvalue weighted by atomic mass is 9.94. The molecule has 1 saturated carbocycles. The summed E-state index contributed by atoms with van der Waals surface area (Å²) in [7, 11) is 0. The fraction of sp³-hybridized carbons (Fsp3) is 0.923. The van der Waals surface area contributed by atoms with Crippen LogP contribution in [0.3, 0.4) is 0 Å². The number of carbonyl (C=O) groups is 1. The average Bonchev–Trinajstić information content (AvgIpc) is 2.49. The molecule has 0 spiro atoms. The summed E-state index contributed by atoms with van der Waals surface area (Å²) in [5.74, 6) is -0.816. The van der Waals surface area contributed by atoms with Crippen LogP contribution < -0.4 is 5.32 Å². The van der Waals surface area contributed by atoms with Crippen LogP contribution in [0.25, 0.3) is 0 Å². The minimum Gasteiger partial charge on any atom is -0.480 e. The van der Waals surface area contributed by atoms with Gasteiger partial charge in [-0.3, -0.25) is 4.79 Å². The molecule has 17 heavy (non-hydrogen) atoms. The molecule has 1 atom stereocenters. The monoisotopic (exact) mass is 243 g/mol. The molecule has 3 N–H and O–H groups in total. The maximum absolute atomic E-state index is 11.0. The zero-order valence-corrected chi connectivity index (χ0v) is 10.7. The molecule has 1 aliphatic carbocycles. The molecular formula is C13H25NO3. The Bertz CT molecular complexity index is 235. The van der Waals surface area contributed by atoms with Gasteiger partial charge in [0.1, 0.15) is 6.04 Å². The maximum Gasteiger partial charge on any atom is 0.320 e. The first kappa shape index (κ1) is 14.5. The van der Waals surface area contributed by atoms with Gasteiger partial charge in [-0.25, -0.2) is 0 Å². The van der Waals surface area contributed by atoms with Crippen LogP contribution >= 0.6 is 0 Å². The molecule has 1 aliphatic rings. The van der Waals surface area contributed by atoms with Crippen molar-refractivity contribution >= 4 is 5.97 Å². The van der Waals surface area contributed by atoms with Gasteiger partial charge in [0.25, 0.3) is 0 Å². The number of rotatable bonds is 6. The summed E-state index contributed by atoms with van der Waals surface area (Å²) >= 11 is 0. The second-order valence-corrected chi connectivity index (χ2v) is 5.20. The lowest BCUT2D eigenvalue weighted by Gasteiger charge is -2.28. The largest absolute Gasteiger partial charge is 0.480 e. The molecule has 1 unspecified atom stereocenters. The van der Waals surface area contributed by atoms with Crippen molar-refractivity contribution in [3.8, 4) is 0 Å². The van der Waals surface area contributed by atoms with Crippen LogP contribution in [0, 0.1) is 0 Å². The molecule has 100 valence electrons. The Morgan fingerprint density at radius 1 is 1.29 bits per heavy atom. The van der Waals surface area contributed by atoms with E-state index in [1.807, 2.05) is 6.92 Å². The molecular weight excluding hydrogens is 218 g/mol. The van der Waals surface area contributed by atoms with Crippen molar-refractivity contribution in [3.63, 3.8) is 0 Å². The molecule has 1 fully saturated rings. The van der Waals surface area contributed by atoms with Gasteiger partial charge in [-0.1, -0.05) is 39.0 Å². The number of carboxylic acid groups (broad SMARTS) is 1. The third-order valence-electron chi connectivity index (χ3n) is 3.59. The minimum atomic E-state index is -0.816. The van der Waals surface area contributed by atoms with Gasteiger partial charge in [0.2, 0.25) is 0 Å². The molecule has 0 aromatic carbocycles. The maximum atomic E-state index is 11.0. The van der Waals surface area contributed by atoms with E-state index in [2.05, 4.69) is 5.32 Å². The Labute approximate surface area is 103 Å².